The molecule has 0 aromatic heterocycles. The number of carbonyl (C=O) groups is 2. The van der Waals surface area contributed by atoms with E-state index in [1.54, 1.807) is 13.0 Å². The summed E-state index contributed by atoms with van der Waals surface area (Å²) in [7, 11) is 0. The number of amides is 1. The zero-order chi connectivity index (χ0) is 14.5. The van der Waals surface area contributed by atoms with Crippen LogP contribution < -0.4 is 10.1 Å². The summed E-state index contributed by atoms with van der Waals surface area (Å²) >= 11 is 0. The molecule has 1 unspecified atom stereocenters. The van der Waals surface area contributed by atoms with Gasteiger partial charge in [-0.15, -0.1) is 0 Å². The van der Waals surface area contributed by atoms with Crippen molar-refractivity contribution in [3.05, 3.63) is 29.3 Å². The molecular formula is C16H21NO3. The van der Waals surface area contributed by atoms with Gasteiger partial charge in [-0.2, -0.15) is 0 Å². The minimum absolute atomic E-state index is 0.111. The minimum atomic E-state index is -0.529. The molecule has 0 fully saturated rings. The molecule has 1 amide bonds. The summed E-state index contributed by atoms with van der Waals surface area (Å²) in [6.45, 7) is 4.40. The van der Waals surface area contributed by atoms with Crippen molar-refractivity contribution in [1.29, 1.82) is 0 Å². The van der Waals surface area contributed by atoms with Gasteiger partial charge in [0.1, 0.15) is 5.75 Å². The van der Waals surface area contributed by atoms with Crippen LogP contribution in [0.4, 0.5) is 0 Å². The lowest BCUT2D eigenvalue weighted by molar-refractivity contribution is -0.127. The van der Waals surface area contributed by atoms with E-state index in [0.717, 1.165) is 30.4 Å². The fourth-order valence-corrected chi connectivity index (χ4v) is 2.35. The van der Waals surface area contributed by atoms with Gasteiger partial charge in [0, 0.05) is 18.5 Å². The number of Topliss-reactive ketones (excluding diaryl/α,β-unsaturated/α-hetero) is 1. The van der Waals surface area contributed by atoms with Gasteiger partial charge in [-0.3, -0.25) is 9.59 Å². The van der Waals surface area contributed by atoms with Crippen molar-refractivity contribution in [1.82, 2.24) is 5.32 Å². The van der Waals surface area contributed by atoms with Gasteiger partial charge < -0.3 is 10.1 Å². The van der Waals surface area contributed by atoms with Crippen LogP contribution in [-0.4, -0.2) is 24.3 Å². The molecular weight excluding hydrogens is 254 g/mol. The zero-order valence-corrected chi connectivity index (χ0v) is 12.1. The Bertz CT molecular complexity index is 510. The van der Waals surface area contributed by atoms with Crippen LogP contribution in [-0.2, 0) is 11.2 Å². The van der Waals surface area contributed by atoms with E-state index in [9.17, 15) is 9.59 Å². The Hall–Kier alpha value is -1.84. The van der Waals surface area contributed by atoms with E-state index < -0.39 is 6.10 Å². The standard InChI is InChI=1S/C16H21NO3/c1-3-9-17-16(19)11(2)20-13-7-8-14-12(10-13)5-4-6-15(14)18/h7-8,10-11H,3-6,9H2,1-2H3,(H,17,19). The van der Waals surface area contributed by atoms with Crippen LogP contribution in [0, 0.1) is 0 Å². The van der Waals surface area contributed by atoms with Crippen LogP contribution in [0.1, 0.15) is 49.0 Å². The highest BCUT2D eigenvalue weighted by Gasteiger charge is 2.19. The largest absolute Gasteiger partial charge is 0.481 e. The first-order valence-electron chi connectivity index (χ1n) is 7.22. The van der Waals surface area contributed by atoms with Crippen molar-refractivity contribution < 1.29 is 14.3 Å². The Morgan fingerprint density at radius 3 is 2.95 bits per heavy atom. The van der Waals surface area contributed by atoms with Gasteiger partial charge in [-0.05, 0) is 49.9 Å². The third kappa shape index (κ3) is 3.38. The van der Waals surface area contributed by atoms with Gasteiger partial charge >= 0.3 is 0 Å². The van der Waals surface area contributed by atoms with Crippen molar-refractivity contribution in [2.24, 2.45) is 0 Å². The van der Waals surface area contributed by atoms with Gasteiger partial charge in [0.25, 0.3) is 5.91 Å². The minimum Gasteiger partial charge on any atom is -0.481 e. The Morgan fingerprint density at radius 2 is 2.20 bits per heavy atom. The lowest BCUT2D eigenvalue weighted by Gasteiger charge is -2.18. The molecule has 108 valence electrons. The van der Waals surface area contributed by atoms with Crippen molar-refractivity contribution in [2.45, 2.75) is 45.6 Å². The second-order valence-corrected chi connectivity index (χ2v) is 5.15. The highest BCUT2D eigenvalue weighted by Crippen LogP contribution is 2.25. The maximum Gasteiger partial charge on any atom is 0.260 e. The van der Waals surface area contributed by atoms with Gasteiger partial charge in [0.05, 0.1) is 0 Å². The average Bonchev–Trinajstić information content (AvgIpc) is 2.44. The topological polar surface area (TPSA) is 55.4 Å². The summed E-state index contributed by atoms with van der Waals surface area (Å²) in [6, 6.07) is 5.46. The molecule has 4 heteroatoms. The van der Waals surface area contributed by atoms with Gasteiger partial charge in [0.2, 0.25) is 0 Å². The number of hydrogen-bond acceptors (Lipinski definition) is 3. The molecule has 0 radical (unpaired) electrons. The van der Waals surface area contributed by atoms with Crippen LogP contribution in [0.5, 0.6) is 5.75 Å². The SMILES string of the molecule is CCCNC(=O)C(C)Oc1ccc2c(c1)CCCC2=O. The van der Waals surface area contributed by atoms with E-state index in [1.165, 1.54) is 0 Å². The molecule has 0 aliphatic heterocycles. The third-order valence-corrected chi connectivity index (χ3v) is 3.46. The van der Waals surface area contributed by atoms with Crippen molar-refractivity contribution in [3.8, 4) is 5.75 Å². The lowest BCUT2D eigenvalue weighted by Crippen LogP contribution is -2.36. The summed E-state index contributed by atoms with van der Waals surface area (Å²) in [6.07, 6.45) is 2.79. The first-order valence-corrected chi connectivity index (χ1v) is 7.22. The molecule has 20 heavy (non-hydrogen) atoms. The summed E-state index contributed by atoms with van der Waals surface area (Å²) in [4.78, 5) is 23.5. The average molecular weight is 275 g/mol. The van der Waals surface area contributed by atoms with Crippen LogP contribution in [0.3, 0.4) is 0 Å². The number of rotatable bonds is 5. The quantitative estimate of drug-likeness (QED) is 0.898. The number of fused-ring (bicyclic) bond motifs is 1. The van der Waals surface area contributed by atoms with Crippen LogP contribution in [0.2, 0.25) is 0 Å². The fourth-order valence-electron chi connectivity index (χ4n) is 2.35. The molecule has 1 N–H and O–H groups in total. The van der Waals surface area contributed by atoms with Gasteiger partial charge in [-0.1, -0.05) is 6.92 Å². The molecule has 4 nitrogen and oxygen atoms in total. The van der Waals surface area contributed by atoms with Crippen molar-refractivity contribution >= 4 is 11.7 Å². The maximum absolute atomic E-state index is 11.8. The molecule has 1 aliphatic carbocycles. The molecule has 1 atom stereocenters. The molecule has 0 saturated carbocycles. The van der Waals surface area contributed by atoms with Crippen molar-refractivity contribution in [2.75, 3.05) is 6.54 Å². The van der Waals surface area contributed by atoms with Crippen molar-refractivity contribution in [3.63, 3.8) is 0 Å². The molecule has 1 aromatic carbocycles. The van der Waals surface area contributed by atoms with Crippen LogP contribution in [0.25, 0.3) is 0 Å². The normalized spacial score (nSPS) is 15.4. The molecule has 0 bridgehead atoms. The molecule has 0 heterocycles. The van der Waals surface area contributed by atoms with Gasteiger partial charge in [-0.25, -0.2) is 0 Å². The Kier molecular flexibility index (Phi) is 4.77. The Balaban J connectivity index is 2.03. The number of hydrogen-bond donors (Lipinski definition) is 1. The summed E-state index contributed by atoms with van der Waals surface area (Å²) in [5.74, 6) is 0.741. The number of benzene rings is 1. The zero-order valence-electron chi connectivity index (χ0n) is 12.1. The second-order valence-electron chi connectivity index (χ2n) is 5.15. The maximum atomic E-state index is 11.8. The predicted molar refractivity (Wildman–Crippen MR) is 77.1 cm³/mol. The predicted octanol–water partition coefficient (Wildman–Crippen LogP) is 2.50. The fraction of sp³-hybridized carbons (Fsp3) is 0.500. The summed E-state index contributed by atoms with van der Waals surface area (Å²) in [5, 5.41) is 2.80. The molecule has 2 rings (SSSR count). The highest BCUT2D eigenvalue weighted by atomic mass is 16.5. The van der Waals surface area contributed by atoms with E-state index in [0.29, 0.717) is 18.7 Å². The Labute approximate surface area is 119 Å². The van der Waals surface area contributed by atoms with Crippen LogP contribution in [0.15, 0.2) is 18.2 Å². The van der Waals surface area contributed by atoms with E-state index in [4.69, 9.17) is 4.74 Å². The number of ketones is 1. The third-order valence-electron chi connectivity index (χ3n) is 3.46. The number of ether oxygens (including phenoxy) is 1. The molecule has 0 saturated heterocycles. The summed E-state index contributed by atoms with van der Waals surface area (Å²) < 4.78 is 5.65. The summed E-state index contributed by atoms with van der Waals surface area (Å²) in [5.41, 5.74) is 1.83. The monoisotopic (exact) mass is 275 g/mol. The van der Waals surface area contributed by atoms with Crippen LogP contribution >= 0.6 is 0 Å². The smallest absolute Gasteiger partial charge is 0.260 e. The lowest BCUT2D eigenvalue weighted by atomic mass is 9.90. The Morgan fingerprint density at radius 1 is 1.40 bits per heavy atom. The van der Waals surface area contributed by atoms with E-state index >= 15 is 0 Å². The first-order chi connectivity index (χ1) is 9.61. The van der Waals surface area contributed by atoms with Gasteiger partial charge in [0.15, 0.2) is 11.9 Å². The van der Waals surface area contributed by atoms with E-state index in [-0.39, 0.29) is 11.7 Å². The number of carbonyl (C=O) groups excluding carboxylic acids is 2. The molecule has 0 spiro atoms. The highest BCUT2D eigenvalue weighted by molar-refractivity contribution is 5.98. The first kappa shape index (κ1) is 14.6. The second kappa shape index (κ2) is 6.55. The molecule has 1 aliphatic rings. The van der Waals surface area contributed by atoms with E-state index in [2.05, 4.69) is 5.32 Å². The number of aryl methyl sites for hydroxylation is 1. The number of nitrogens with one attached hydrogen (secondary N) is 1. The molecule has 1 aromatic rings. The van der Waals surface area contributed by atoms with E-state index in [1.807, 2.05) is 19.1 Å².